The van der Waals surface area contributed by atoms with Crippen LogP contribution in [0.25, 0.3) is 0 Å². The van der Waals surface area contributed by atoms with Gasteiger partial charge in [-0.1, -0.05) is 29.8 Å². The summed E-state index contributed by atoms with van der Waals surface area (Å²) in [6.07, 6.45) is 2.94. The molecular formula is C19H18ClN3OS. The summed E-state index contributed by atoms with van der Waals surface area (Å²) in [5.41, 5.74) is 1.92. The van der Waals surface area contributed by atoms with Gasteiger partial charge in [-0.2, -0.15) is 0 Å². The number of carbonyl (C=O) groups excluding carboxylic acids is 1. The van der Waals surface area contributed by atoms with Crippen molar-refractivity contribution in [1.82, 2.24) is 4.98 Å². The number of rotatable bonds is 7. The van der Waals surface area contributed by atoms with Crippen molar-refractivity contribution in [3.8, 4) is 0 Å². The Morgan fingerprint density at radius 3 is 2.64 bits per heavy atom. The minimum Gasteiger partial charge on any atom is -0.370 e. The lowest BCUT2D eigenvalue weighted by Gasteiger charge is -2.08. The molecule has 1 amide bonds. The van der Waals surface area contributed by atoms with E-state index in [0.29, 0.717) is 12.1 Å². The number of thiophene rings is 1. The highest BCUT2D eigenvalue weighted by molar-refractivity contribution is 7.10. The van der Waals surface area contributed by atoms with E-state index in [4.69, 9.17) is 11.6 Å². The number of hydrogen-bond donors (Lipinski definition) is 2. The van der Waals surface area contributed by atoms with E-state index in [1.165, 1.54) is 5.56 Å². The van der Waals surface area contributed by atoms with Crippen molar-refractivity contribution in [2.45, 2.75) is 12.8 Å². The smallest absolute Gasteiger partial charge is 0.229 e. The molecule has 0 radical (unpaired) electrons. The van der Waals surface area contributed by atoms with Crippen LogP contribution in [0.2, 0.25) is 5.02 Å². The highest BCUT2D eigenvalue weighted by Crippen LogP contribution is 2.14. The molecule has 0 fully saturated rings. The fourth-order valence-electron chi connectivity index (χ4n) is 2.33. The van der Waals surface area contributed by atoms with Crippen LogP contribution >= 0.6 is 22.9 Å². The molecule has 0 aliphatic carbocycles. The Morgan fingerprint density at radius 1 is 1.12 bits per heavy atom. The Morgan fingerprint density at radius 2 is 1.96 bits per heavy atom. The van der Waals surface area contributed by atoms with E-state index in [-0.39, 0.29) is 5.91 Å². The third kappa shape index (κ3) is 5.59. The third-order valence-corrected chi connectivity index (χ3v) is 4.72. The van der Waals surface area contributed by atoms with E-state index in [0.717, 1.165) is 28.7 Å². The van der Waals surface area contributed by atoms with E-state index in [1.54, 1.807) is 17.5 Å². The maximum absolute atomic E-state index is 12.0. The molecule has 0 saturated heterocycles. The van der Waals surface area contributed by atoms with Crippen LogP contribution in [0, 0.1) is 0 Å². The molecule has 0 atom stereocenters. The summed E-state index contributed by atoms with van der Waals surface area (Å²) in [6, 6.07) is 15.4. The summed E-state index contributed by atoms with van der Waals surface area (Å²) >= 11 is 7.46. The lowest BCUT2D eigenvalue weighted by molar-refractivity contribution is -0.115. The zero-order chi connectivity index (χ0) is 17.5. The largest absolute Gasteiger partial charge is 0.370 e. The highest BCUT2D eigenvalue weighted by atomic mass is 35.5. The lowest BCUT2D eigenvalue weighted by atomic mass is 10.1. The van der Waals surface area contributed by atoms with Crippen LogP contribution in [0.3, 0.4) is 0 Å². The minimum atomic E-state index is -0.0345. The number of nitrogens with one attached hydrogen (secondary N) is 2. The molecule has 3 aromatic rings. The van der Waals surface area contributed by atoms with Gasteiger partial charge in [0.1, 0.15) is 5.82 Å². The highest BCUT2D eigenvalue weighted by Gasteiger charge is 2.05. The molecule has 2 N–H and O–H groups in total. The van der Waals surface area contributed by atoms with Crippen LogP contribution in [-0.2, 0) is 17.6 Å². The van der Waals surface area contributed by atoms with Crippen LogP contribution < -0.4 is 10.6 Å². The quantitative estimate of drug-likeness (QED) is 0.636. The first-order valence-corrected chi connectivity index (χ1v) is 9.21. The maximum Gasteiger partial charge on any atom is 0.229 e. The monoisotopic (exact) mass is 371 g/mol. The summed E-state index contributed by atoms with van der Waals surface area (Å²) in [5, 5.41) is 8.84. The van der Waals surface area contributed by atoms with Crippen LogP contribution in [0.5, 0.6) is 0 Å². The number of pyridine rings is 1. The van der Waals surface area contributed by atoms with Gasteiger partial charge >= 0.3 is 0 Å². The van der Waals surface area contributed by atoms with E-state index in [2.05, 4.69) is 15.6 Å². The van der Waals surface area contributed by atoms with Crippen molar-refractivity contribution >= 4 is 40.4 Å². The predicted molar refractivity (Wildman–Crippen MR) is 105 cm³/mol. The van der Waals surface area contributed by atoms with Crippen molar-refractivity contribution in [1.29, 1.82) is 0 Å². The van der Waals surface area contributed by atoms with Crippen LogP contribution in [-0.4, -0.2) is 17.4 Å². The van der Waals surface area contributed by atoms with Crippen molar-refractivity contribution < 1.29 is 4.79 Å². The SMILES string of the molecule is O=C(Cc1cccs1)Nc1ccc(NCCc2ccc(Cl)cc2)nc1. The molecule has 1 aromatic carbocycles. The van der Waals surface area contributed by atoms with Crippen molar-refractivity contribution in [2.75, 3.05) is 17.2 Å². The molecule has 0 saturated carbocycles. The Labute approximate surface area is 155 Å². The average molecular weight is 372 g/mol. The molecule has 2 heterocycles. The van der Waals surface area contributed by atoms with Gasteiger partial charge in [-0.05, 0) is 47.7 Å². The molecule has 0 unspecified atom stereocenters. The molecule has 0 aliphatic rings. The molecule has 4 nitrogen and oxygen atoms in total. The maximum atomic E-state index is 12.0. The van der Waals surface area contributed by atoms with Gasteiger partial charge in [0.2, 0.25) is 5.91 Å². The van der Waals surface area contributed by atoms with E-state index >= 15 is 0 Å². The Hall–Kier alpha value is -2.37. The van der Waals surface area contributed by atoms with Gasteiger partial charge < -0.3 is 10.6 Å². The summed E-state index contributed by atoms with van der Waals surface area (Å²) in [6.45, 7) is 0.777. The van der Waals surface area contributed by atoms with Gasteiger partial charge in [0, 0.05) is 16.4 Å². The average Bonchev–Trinajstić information content (AvgIpc) is 3.11. The Kier molecular flexibility index (Phi) is 6.04. The summed E-state index contributed by atoms with van der Waals surface area (Å²) in [5.74, 6) is 0.748. The van der Waals surface area contributed by atoms with E-state index in [1.807, 2.05) is 53.9 Å². The lowest BCUT2D eigenvalue weighted by Crippen LogP contribution is -2.14. The number of aromatic nitrogens is 1. The molecule has 0 bridgehead atoms. The molecular weight excluding hydrogens is 354 g/mol. The molecule has 0 aliphatic heterocycles. The normalized spacial score (nSPS) is 10.4. The first-order valence-electron chi connectivity index (χ1n) is 7.96. The minimum absolute atomic E-state index is 0.0345. The summed E-state index contributed by atoms with van der Waals surface area (Å²) in [7, 11) is 0. The Balaban J connectivity index is 1.45. The van der Waals surface area contributed by atoms with Gasteiger partial charge in [0.15, 0.2) is 0 Å². The molecule has 25 heavy (non-hydrogen) atoms. The molecule has 128 valence electrons. The number of carbonyl (C=O) groups is 1. The number of anilines is 2. The number of amides is 1. The zero-order valence-corrected chi connectivity index (χ0v) is 15.1. The standard InChI is InChI=1S/C19H18ClN3OS/c20-15-5-3-14(4-6-15)9-10-21-18-8-7-16(13-22-18)23-19(24)12-17-2-1-11-25-17/h1-8,11,13H,9-10,12H2,(H,21,22)(H,23,24). The zero-order valence-electron chi connectivity index (χ0n) is 13.5. The summed E-state index contributed by atoms with van der Waals surface area (Å²) in [4.78, 5) is 17.3. The second-order valence-corrected chi connectivity index (χ2v) is 7.01. The topological polar surface area (TPSA) is 54.0 Å². The summed E-state index contributed by atoms with van der Waals surface area (Å²) < 4.78 is 0. The van der Waals surface area contributed by atoms with Crippen LogP contribution in [0.4, 0.5) is 11.5 Å². The van der Waals surface area contributed by atoms with E-state index < -0.39 is 0 Å². The molecule has 6 heteroatoms. The van der Waals surface area contributed by atoms with Crippen molar-refractivity contribution in [3.63, 3.8) is 0 Å². The van der Waals surface area contributed by atoms with Gasteiger partial charge in [0.05, 0.1) is 18.3 Å². The van der Waals surface area contributed by atoms with Gasteiger partial charge in [-0.3, -0.25) is 4.79 Å². The molecule has 3 rings (SSSR count). The molecule has 0 spiro atoms. The van der Waals surface area contributed by atoms with Crippen LogP contribution in [0.1, 0.15) is 10.4 Å². The number of nitrogens with zero attached hydrogens (tertiary/aromatic N) is 1. The van der Waals surface area contributed by atoms with Gasteiger partial charge in [-0.25, -0.2) is 4.98 Å². The van der Waals surface area contributed by atoms with Crippen molar-refractivity contribution in [2.24, 2.45) is 0 Å². The molecule has 2 aromatic heterocycles. The number of benzene rings is 1. The van der Waals surface area contributed by atoms with Gasteiger partial charge in [0.25, 0.3) is 0 Å². The van der Waals surface area contributed by atoms with Crippen LogP contribution in [0.15, 0.2) is 60.1 Å². The van der Waals surface area contributed by atoms with Crippen molar-refractivity contribution in [3.05, 3.63) is 75.6 Å². The van der Waals surface area contributed by atoms with E-state index in [9.17, 15) is 4.79 Å². The number of hydrogen-bond acceptors (Lipinski definition) is 4. The number of halogens is 1. The fraction of sp³-hybridized carbons (Fsp3) is 0.158. The third-order valence-electron chi connectivity index (χ3n) is 3.60. The second kappa shape index (κ2) is 8.65. The van der Waals surface area contributed by atoms with Gasteiger partial charge in [-0.15, -0.1) is 11.3 Å². The predicted octanol–water partition coefficient (Wildman–Crippen LogP) is 4.63. The fourth-order valence-corrected chi connectivity index (χ4v) is 3.16. The first-order chi connectivity index (χ1) is 12.2. The first kappa shape index (κ1) is 17.5. The second-order valence-electron chi connectivity index (χ2n) is 5.54. The Bertz CT molecular complexity index is 802.